The SMILES string of the molecule is CCN(C(=O)Cn1c(Nc2ccc(F)cc2)nc(C)cc1=O)c1ccccc1. The molecule has 6 nitrogen and oxygen atoms in total. The van der Waals surface area contributed by atoms with Gasteiger partial charge in [0.1, 0.15) is 12.4 Å². The average molecular weight is 380 g/mol. The van der Waals surface area contributed by atoms with Gasteiger partial charge >= 0.3 is 0 Å². The number of nitrogens with zero attached hydrogens (tertiary/aromatic N) is 3. The van der Waals surface area contributed by atoms with Gasteiger partial charge < -0.3 is 10.2 Å². The number of anilines is 3. The maximum Gasteiger partial charge on any atom is 0.255 e. The van der Waals surface area contributed by atoms with E-state index in [1.807, 2.05) is 37.3 Å². The fourth-order valence-corrected chi connectivity index (χ4v) is 2.86. The predicted octanol–water partition coefficient (Wildman–Crippen LogP) is 3.49. The van der Waals surface area contributed by atoms with E-state index in [4.69, 9.17) is 0 Å². The molecule has 0 saturated heterocycles. The zero-order valence-electron chi connectivity index (χ0n) is 15.7. The third kappa shape index (κ3) is 4.43. The monoisotopic (exact) mass is 380 g/mol. The fourth-order valence-electron chi connectivity index (χ4n) is 2.86. The second-order valence-corrected chi connectivity index (χ2v) is 6.25. The van der Waals surface area contributed by atoms with Crippen LogP contribution in [0.2, 0.25) is 0 Å². The number of hydrogen-bond donors (Lipinski definition) is 1. The van der Waals surface area contributed by atoms with Gasteiger partial charge in [-0.3, -0.25) is 14.2 Å². The summed E-state index contributed by atoms with van der Waals surface area (Å²) in [6, 6.07) is 16.3. The Morgan fingerprint density at radius 2 is 1.82 bits per heavy atom. The molecular weight excluding hydrogens is 359 g/mol. The Kier molecular flexibility index (Phi) is 5.84. The van der Waals surface area contributed by atoms with E-state index in [1.54, 1.807) is 11.8 Å². The number of carbonyl (C=O) groups excluding carboxylic acids is 1. The van der Waals surface area contributed by atoms with Crippen molar-refractivity contribution in [1.82, 2.24) is 9.55 Å². The topological polar surface area (TPSA) is 67.2 Å². The first kappa shape index (κ1) is 19.3. The summed E-state index contributed by atoms with van der Waals surface area (Å²) in [5.74, 6) is -0.366. The first-order chi connectivity index (χ1) is 13.5. The van der Waals surface area contributed by atoms with Crippen molar-refractivity contribution in [3.05, 3.63) is 82.5 Å². The van der Waals surface area contributed by atoms with Crippen LogP contribution >= 0.6 is 0 Å². The largest absolute Gasteiger partial charge is 0.326 e. The molecule has 1 N–H and O–H groups in total. The number of benzene rings is 2. The van der Waals surface area contributed by atoms with Gasteiger partial charge in [0.15, 0.2) is 0 Å². The average Bonchev–Trinajstić information content (AvgIpc) is 2.68. The lowest BCUT2D eigenvalue weighted by Crippen LogP contribution is -2.37. The Balaban J connectivity index is 1.91. The normalized spacial score (nSPS) is 10.5. The maximum atomic E-state index is 13.1. The lowest BCUT2D eigenvalue weighted by molar-refractivity contribution is -0.119. The Bertz CT molecular complexity index is 1020. The van der Waals surface area contributed by atoms with Crippen LogP contribution in [0.15, 0.2) is 65.5 Å². The summed E-state index contributed by atoms with van der Waals surface area (Å²) < 4.78 is 14.4. The van der Waals surface area contributed by atoms with E-state index in [0.29, 0.717) is 17.9 Å². The van der Waals surface area contributed by atoms with Gasteiger partial charge in [0.05, 0.1) is 0 Å². The number of halogens is 1. The summed E-state index contributed by atoms with van der Waals surface area (Å²) in [5.41, 5.74) is 1.51. The molecule has 1 amide bonds. The van der Waals surface area contributed by atoms with Crippen LogP contribution in [0.3, 0.4) is 0 Å². The Hall–Kier alpha value is -3.48. The van der Waals surface area contributed by atoms with E-state index in [2.05, 4.69) is 10.3 Å². The highest BCUT2D eigenvalue weighted by atomic mass is 19.1. The molecule has 0 radical (unpaired) electrons. The first-order valence-corrected chi connectivity index (χ1v) is 8.94. The summed E-state index contributed by atoms with van der Waals surface area (Å²) in [5, 5.41) is 3.00. The minimum Gasteiger partial charge on any atom is -0.326 e. The second kappa shape index (κ2) is 8.47. The van der Waals surface area contributed by atoms with Gasteiger partial charge in [-0.15, -0.1) is 0 Å². The van der Waals surface area contributed by atoms with E-state index < -0.39 is 0 Å². The van der Waals surface area contributed by atoms with E-state index in [1.165, 1.54) is 34.9 Å². The molecule has 0 aliphatic heterocycles. The highest BCUT2D eigenvalue weighted by molar-refractivity contribution is 5.93. The molecule has 3 aromatic rings. The Morgan fingerprint density at radius 1 is 1.14 bits per heavy atom. The van der Waals surface area contributed by atoms with E-state index in [9.17, 15) is 14.0 Å². The number of rotatable bonds is 6. The van der Waals surface area contributed by atoms with Crippen LogP contribution in [-0.2, 0) is 11.3 Å². The molecule has 28 heavy (non-hydrogen) atoms. The standard InChI is InChI=1S/C21H21FN4O2/c1-3-25(18-7-5-4-6-8-18)20(28)14-26-19(27)13-15(2)23-21(26)24-17-11-9-16(22)10-12-17/h4-13H,3,14H2,1-2H3,(H,23,24). The van der Waals surface area contributed by atoms with E-state index >= 15 is 0 Å². The van der Waals surface area contributed by atoms with Crippen LogP contribution < -0.4 is 15.8 Å². The van der Waals surface area contributed by atoms with Gasteiger partial charge in [-0.25, -0.2) is 9.37 Å². The minimum absolute atomic E-state index is 0.168. The molecule has 144 valence electrons. The van der Waals surface area contributed by atoms with Crippen LogP contribution in [0, 0.1) is 12.7 Å². The number of likely N-dealkylation sites (N-methyl/N-ethyl adjacent to an activating group) is 1. The molecule has 0 bridgehead atoms. The molecule has 0 atom stereocenters. The number of hydrogen-bond acceptors (Lipinski definition) is 4. The van der Waals surface area contributed by atoms with Gasteiger partial charge in [0.25, 0.3) is 5.56 Å². The second-order valence-electron chi connectivity index (χ2n) is 6.25. The molecule has 0 spiro atoms. The third-order valence-corrected chi connectivity index (χ3v) is 4.22. The molecule has 3 rings (SSSR count). The molecule has 0 fully saturated rings. The van der Waals surface area contributed by atoms with Crippen LogP contribution in [0.1, 0.15) is 12.6 Å². The lowest BCUT2D eigenvalue weighted by Gasteiger charge is -2.22. The van der Waals surface area contributed by atoms with Crippen molar-refractivity contribution in [3.63, 3.8) is 0 Å². The molecule has 7 heteroatoms. The first-order valence-electron chi connectivity index (χ1n) is 8.94. The molecule has 0 unspecified atom stereocenters. The third-order valence-electron chi connectivity index (χ3n) is 4.22. The zero-order chi connectivity index (χ0) is 20.1. The summed E-state index contributed by atoms with van der Waals surface area (Å²) >= 11 is 0. The number of aromatic nitrogens is 2. The minimum atomic E-state index is -0.364. The van der Waals surface area contributed by atoms with Gasteiger partial charge in [-0.1, -0.05) is 18.2 Å². The summed E-state index contributed by atoms with van der Waals surface area (Å²) in [6.07, 6.45) is 0. The van der Waals surface area contributed by atoms with Crippen molar-refractivity contribution in [1.29, 1.82) is 0 Å². The quantitative estimate of drug-likeness (QED) is 0.711. The van der Waals surface area contributed by atoms with Crippen molar-refractivity contribution in [2.24, 2.45) is 0 Å². The molecule has 1 heterocycles. The van der Waals surface area contributed by atoms with Crippen molar-refractivity contribution in [2.75, 3.05) is 16.8 Å². The van der Waals surface area contributed by atoms with Gasteiger partial charge in [0.2, 0.25) is 11.9 Å². The molecule has 1 aromatic heterocycles. The van der Waals surface area contributed by atoms with Gasteiger partial charge in [-0.2, -0.15) is 0 Å². The van der Waals surface area contributed by atoms with Crippen LogP contribution in [0.25, 0.3) is 0 Å². The van der Waals surface area contributed by atoms with Crippen LogP contribution in [0.4, 0.5) is 21.7 Å². The Morgan fingerprint density at radius 3 is 2.46 bits per heavy atom. The zero-order valence-corrected chi connectivity index (χ0v) is 15.7. The molecule has 2 aromatic carbocycles. The van der Waals surface area contributed by atoms with E-state index in [0.717, 1.165) is 5.69 Å². The highest BCUT2D eigenvalue weighted by Gasteiger charge is 2.17. The number of para-hydroxylation sites is 1. The molecule has 0 aliphatic rings. The number of nitrogens with one attached hydrogen (secondary N) is 1. The summed E-state index contributed by atoms with van der Waals surface area (Å²) in [7, 11) is 0. The van der Waals surface area contributed by atoms with Crippen molar-refractivity contribution in [3.8, 4) is 0 Å². The fraction of sp³-hybridized carbons (Fsp3) is 0.190. The number of aryl methyl sites for hydroxylation is 1. The molecular formula is C21H21FN4O2. The number of carbonyl (C=O) groups is 1. The van der Waals surface area contributed by atoms with Crippen LogP contribution in [-0.4, -0.2) is 22.0 Å². The Labute approximate surface area is 162 Å². The lowest BCUT2D eigenvalue weighted by atomic mass is 10.3. The van der Waals surface area contributed by atoms with Crippen molar-refractivity contribution < 1.29 is 9.18 Å². The number of amides is 1. The molecule has 0 saturated carbocycles. The predicted molar refractivity (Wildman–Crippen MR) is 107 cm³/mol. The highest BCUT2D eigenvalue weighted by Crippen LogP contribution is 2.17. The van der Waals surface area contributed by atoms with Gasteiger partial charge in [-0.05, 0) is 50.2 Å². The van der Waals surface area contributed by atoms with Crippen LogP contribution in [0.5, 0.6) is 0 Å². The molecule has 0 aliphatic carbocycles. The van der Waals surface area contributed by atoms with Gasteiger partial charge in [0, 0.05) is 29.7 Å². The van der Waals surface area contributed by atoms with E-state index in [-0.39, 0.29) is 29.8 Å². The summed E-state index contributed by atoms with van der Waals surface area (Å²) in [4.78, 5) is 31.4. The maximum absolute atomic E-state index is 13.1. The smallest absolute Gasteiger partial charge is 0.255 e. The summed E-state index contributed by atoms with van der Waals surface area (Å²) in [6.45, 7) is 3.88. The van der Waals surface area contributed by atoms with Crippen molar-refractivity contribution >= 4 is 23.2 Å². The van der Waals surface area contributed by atoms with Crippen molar-refractivity contribution in [2.45, 2.75) is 20.4 Å².